The van der Waals surface area contributed by atoms with E-state index in [1.807, 2.05) is 6.92 Å². The monoisotopic (exact) mass is 601 g/mol. The van der Waals surface area contributed by atoms with Crippen molar-refractivity contribution in [2.75, 3.05) is 39.9 Å². The first-order valence-corrected chi connectivity index (χ1v) is 15.3. The average molecular weight is 602 g/mol. The quantitative estimate of drug-likeness (QED) is 0.321. The predicted octanol–water partition coefficient (Wildman–Crippen LogP) is 6.51. The van der Waals surface area contributed by atoms with Gasteiger partial charge in [0.05, 0.1) is 30.6 Å². The van der Waals surface area contributed by atoms with Crippen molar-refractivity contribution in [3.63, 3.8) is 0 Å². The molecule has 0 bridgehead atoms. The largest absolute Gasteiger partial charge is 0.495 e. The lowest BCUT2D eigenvalue weighted by atomic mass is 9.76. The predicted molar refractivity (Wildman–Crippen MR) is 157 cm³/mol. The number of rotatable bonds is 8. The number of carbonyl (C=O) groups excluding carboxylic acids is 1. The molecule has 6 rings (SSSR count). The van der Waals surface area contributed by atoms with Crippen LogP contribution in [0.3, 0.4) is 0 Å². The summed E-state index contributed by atoms with van der Waals surface area (Å²) in [6, 6.07) is 5.69. The molecule has 2 saturated heterocycles. The van der Waals surface area contributed by atoms with Crippen molar-refractivity contribution in [3.8, 4) is 16.9 Å². The first kappa shape index (κ1) is 29.2. The van der Waals surface area contributed by atoms with Crippen molar-refractivity contribution in [1.29, 1.82) is 0 Å². The van der Waals surface area contributed by atoms with Gasteiger partial charge >= 0.3 is 5.97 Å². The maximum absolute atomic E-state index is 14.9. The summed E-state index contributed by atoms with van der Waals surface area (Å²) in [5, 5.41) is 4.83. The summed E-state index contributed by atoms with van der Waals surface area (Å²) in [6.45, 7) is 7.87. The van der Waals surface area contributed by atoms with E-state index in [-0.39, 0.29) is 17.1 Å². The number of methoxy groups -OCH3 is 1. The fraction of sp³-hybridized carbons (Fsp3) is 0.562. The van der Waals surface area contributed by atoms with E-state index in [1.165, 1.54) is 12.1 Å². The number of likely N-dealkylation sites (tertiary alicyclic amines) is 2. The van der Waals surface area contributed by atoms with E-state index < -0.39 is 17.0 Å². The number of carbonyl (C=O) groups is 1. The molecule has 4 aliphatic rings. The molecule has 3 aliphatic heterocycles. The van der Waals surface area contributed by atoms with Gasteiger partial charge in [-0.25, -0.2) is 8.78 Å². The molecule has 0 unspecified atom stereocenters. The summed E-state index contributed by atoms with van der Waals surface area (Å²) in [5.74, 6) is 0.414. The molecule has 10 heteroatoms. The van der Waals surface area contributed by atoms with E-state index in [4.69, 9.17) is 25.9 Å². The highest BCUT2D eigenvalue weighted by Crippen LogP contribution is 2.51. The van der Waals surface area contributed by atoms with Crippen LogP contribution in [0.1, 0.15) is 69.4 Å². The highest BCUT2D eigenvalue weighted by Gasteiger charge is 2.52. The fourth-order valence-corrected chi connectivity index (χ4v) is 7.28. The second kappa shape index (κ2) is 11.3. The van der Waals surface area contributed by atoms with Crippen molar-refractivity contribution < 1.29 is 27.9 Å². The number of ether oxygens (including phenoxy) is 2. The number of hydrogen-bond donors (Lipinski definition) is 0. The zero-order valence-corrected chi connectivity index (χ0v) is 25.2. The Morgan fingerprint density at radius 3 is 2.52 bits per heavy atom. The molecule has 226 valence electrons. The lowest BCUT2D eigenvalue weighted by Crippen LogP contribution is -2.61. The summed E-state index contributed by atoms with van der Waals surface area (Å²) in [4.78, 5) is 23.2. The third-order valence-electron chi connectivity index (χ3n) is 9.46. The third kappa shape index (κ3) is 5.23. The van der Waals surface area contributed by atoms with Crippen LogP contribution < -0.4 is 4.74 Å². The SMILES string of the molecule is CCOC(=O)C1(CC)CCN(C2=NOC3(C2)CN(Cc2cc(C4CC4)c(-c4ccc(F)cc4F)c(Cl)c2OC)C3)CC1. The number of amidine groups is 1. The number of benzene rings is 2. The van der Waals surface area contributed by atoms with Crippen molar-refractivity contribution >= 4 is 23.4 Å². The van der Waals surface area contributed by atoms with Gasteiger partial charge in [0.2, 0.25) is 0 Å². The van der Waals surface area contributed by atoms with Crippen LogP contribution in [0, 0.1) is 17.0 Å². The zero-order chi connectivity index (χ0) is 29.6. The van der Waals surface area contributed by atoms with Gasteiger partial charge in [-0.1, -0.05) is 23.7 Å². The van der Waals surface area contributed by atoms with Crippen LogP contribution in [0.15, 0.2) is 29.4 Å². The van der Waals surface area contributed by atoms with Gasteiger partial charge in [-0.15, -0.1) is 0 Å². The van der Waals surface area contributed by atoms with Gasteiger partial charge in [0.25, 0.3) is 0 Å². The third-order valence-corrected chi connectivity index (χ3v) is 9.82. The Balaban J connectivity index is 1.12. The van der Waals surface area contributed by atoms with E-state index in [0.717, 1.165) is 74.6 Å². The van der Waals surface area contributed by atoms with Gasteiger partial charge in [0.1, 0.15) is 23.2 Å². The lowest BCUT2D eigenvalue weighted by Gasteiger charge is -2.46. The van der Waals surface area contributed by atoms with Gasteiger partial charge < -0.3 is 19.2 Å². The summed E-state index contributed by atoms with van der Waals surface area (Å²) in [5.41, 5.74) is 2.03. The van der Waals surface area contributed by atoms with Crippen molar-refractivity contribution in [2.45, 2.75) is 70.4 Å². The molecule has 1 saturated carbocycles. The number of nitrogens with zero attached hydrogens (tertiary/aromatic N) is 3. The molecule has 1 spiro atoms. The molecular weight excluding hydrogens is 564 g/mol. The Morgan fingerprint density at radius 2 is 1.90 bits per heavy atom. The zero-order valence-electron chi connectivity index (χ0n) is 24.5. The van der Waals surface area contributed by atoms with E-state index in [0.29, 0.717) is 48.5 Å². The number of oxime groups is 1. The molecule has 0 aromatic heterocycles. The maximum atomic E-state index is 14.9. The first-order chi connectivity index (χ1) is 20.2. The Labute approximate surface area is 250 Å². The Hall–Kier alpha value is -2.91. The van der Waals surface area contributed by atoms with Crippen LogP contribution in [-0.2, 0) is 20.9 Å². The van der Waals surface area contributed by atoms with Crippen molar-refractivity contribution in [1.82, 2.24) is 9.80 Å². The lowest BCUT2D eigenvalue weighted by molar-refractivity contribution is -0.158. The molecule has 7 nitrogen and oxygen atoms in total. The topological polar surface area (TPSA) is 63.6 Å². The smallest absolute Gasteiger partial charge is 0.312 e. The second-order valence-corrected chi connectivity index (χ2v) is 12.6. The molecular formula is C32H38ClF2N3O4. The molecule has 0 amide bonds. The Kier molecular flexibility index (Phi) is 7.85. The summed E-state index contributed by atoms with van der Waals surface area (Å²) in [6.07, 6.45) is 5.03. The van der Waals surface area contributed by atoms with Crippen LogP contribution >= 0.6 is 11.6 Å². The van der Waals surface area contributed by atoms with Crippen LogP contribution in [0.2, 0.25) is 5.02 Å². The normalized spacial score (nSPS) is 21.1. The second-order valence-electron chi connectivity index (χ2n) is 12.2. The van der Waals surface area contributed by atoms with Crippen LogP contribution in [0.5, 0.6) is 5.75 Å². The summed E-state index contributed by atoms with van der Waals surface area (Å²) < 4.78 is 39.6. The summed E-state index contributed by atoms with van der Waals surface area (Å²) >= 11 is 6.89. The standard InChI is InChI=1S/C32H38ClF2N3O4/c1-4-31(30(39)41-5-2)10-12-38(13-11-31)26-16-32(42-36-26)18-37(19-32)17-21-14-24(20-6-7-20)27(28(33)29(21)40-3)23-9-8-22(34)15-25(23)35/h8-9,14-15,20H,4-7,10-13,16-19H2,1-3H3. The number of hydrogen-bond acceptors (Lipinski definition) is 7. The highest BCUT2D eigenvalue weighted by molar-refractivity contribution is 6.35. The first-order valence-electron chi connectivity index (χ1n) is 15.0. The maximum Gasteiger partial charge on any atom is 0.312 e. The molecule has 0 radical (unpaired) electrons. The van der Waals surface area contributed by atoms with Crippen LogP contribution in [-0.4, -0.2) is 67.1 Å². The van der Waals surface area contributed by atoms with E-state index >= 15 is 0 Å². The molecule has 3 heterocycles. The molecule has 3 fully saturated rings. The van der Waals surface area contributed by atoms with E-state index in [2.05, 4.69) is 27.9 Å². The van der Waals surface area contributed by atoms with Gasteiger partial charge in [-0.3, -0.25) is 9.69 Å². The molecule has 2 aromatic carbocycles. The minimum Gasteiger partial charge on any atom is -0.495 e. The fourth-order valence-electron chi connectivity index (χ4n) is 6.87. The molecule has 2 aromatic rings. The average Bonchev–Trinajstić information content (AvgIpc) is 3.71. The molecule has 0 atom stereocenters. The molecule has 0 N–H and O–H groups in total. The number of halogens is 3. The molecule has 1 aliphatic carbocycles. The van der Waals surface area contributed by atoms with Gasteiger partial charge in [-0.05, 0) is 68.7 Å². The van der Waals surface area contributed by atoms with Crippen molar-refractivity contribution in [2.24, 2.45) is 10.6 Å². The highest BCUT2D eigenvalue weighted by atomic mass is 35.5. The minimum absolute atomic E-state index is 0.0842. The number of esters is 1. The Morgan fingerprint density at radius 1 is 1.17 bits per heavy atom. The van der Waals surface area contributed by atoms with Crippen LogP contribution in [0.4, 0.5) is 8.78 Å². The van der Waals surface area contributed by atoms with Gasteiger partial charge in [0, 0.05) is 55.5 Å². The van der Waals surface area contributed by atoms with Crippen molar-refractivity contribution in [3.05, 3.63) is 52.0 Å². The van der Waals surface area contributed by atoms with E-state index in [9.17, 15) is 13.6 Å². The minimum atomic E-state index is -0.637. The van der Waals surface area contributed by atoms with Gasteiger partial charge in [0.15, 0.2) is 5.60 Å². The molecule has 42 heavy (non-hydrogen) atoms. The van der Waals surface area contributed by atoms with Crippen LogP contribution in [0.25, 0.3) is 11.1 Å². The summed E-state index contributed by atoms with van der Waals surface area (Å²) in [7, 11) is 1.57. The number of piperidine rings is 1. The van der Waals surface area contributed by atoms with E-state index in [1.54, 1.807) is 7.11 Å². The van der Waals surface area contributed by atoms with Gasteiger partial charge in [-0.2, -0.15) is 0 Å². The Bertz CT molecular complexity index is 1400.